The maximum atomic E-state index is 11.9. The predicted octanol–water partition coefficient (Wildman–Crippen LogP) is 2.63. The Labute approximate surface area is 141 Å². The summed E-state index contributed by atoms with van der Waals surface area (Å²) in [5, 5.41) is 12.8. The van der Waals surface area contributed by atoms with Gasteiger partial charge in [0.15, 0.2) is 0 Å². The molecule has 0 saturated carbocycles. The molecule has 2 N–H and O–H groups in total. The molecule has 0 saturated heterocycles. The zero-order valence-electron chi connectivity index (χ0n) is 13.8. The maximum Gasteiger partial charge on any atom is 0.407 e. The summed E-state index contributed by atoms with van der Waals surface area (Å²) in [5.41, 5.74) is -0.696. The molecular formula is C14H25Cl2NO5. The van der Waals surface area contributed by atoms with E-state index in [1.165, 1.54) is 0 Å². The lowest BCUT2D eigenvalue weighted by Crippen LogP contribution is -2.55. The van der Waals surface area contributed by atoms with Crippen LogP contribution in [0, 0.1) is 5.92 Å². The molecule has 0 aliphatic rings. The maximum absolute atomic E-state index is 11.9. The Balaban J connectivity index is 5.12. The summed E-state index contributed by atoms with van der Waals surface area (Å²) in [5.74, 6) is -0.889. The lowest BCUT2D eigenvalue weighted by atomic mass is 9.97. The molecule has 8 heteroatoms. The third-order valence-corrected chi connectivity index (χ3v) is 3.39. The Morgan fingerprint density at radius 3 is 2.09 bits per heavy atom. The first-order valence-electron chi connectivity index (χ1n) is 6.95. The molecule has 0 radical (unpaired) electrons. The Hall–Kier alpha value is -0.720. The number of amides is 1. The molecule has 0 heterocycles. The summed E-state index contributed by atoms with van der Waals surface area (Å²) in [4.78, 5) is 23.5. The lowest BCUT2D eigenvalue weighted by Gasteiger charge is -2.32. The number of hydrogen-bond acceptors (Lipinski definition) is 5. The number of carbonyl (C=O) groups excluding carboxylic acids is 2. The fourth-order valence-electron chi connectivity index (χ4n) is 1.74. The molecule has 0 spiro atoms. The second kappa shape index (κ2) is 8.22. The Bertz CT molecular complexity index is 393. The second-order valence-electron chi connectivity index (χ2n) is 6.44. The highest BCUT2D eigenvalue weighted by atomic mass is 35.5. The number of alkyl halides is 2. The van der Waals surface area contributed by atoms with Gasteiger partial charge in [0.05, 0.1) is 13.2 Å². The fraction of sp³-hybridized carbons (Fsp3) is 0.857. The van der Waals surface area contributed by atoms with E-state index in [-0.39, 0.29) is 5.92 Å². The van der Waals surface area contributed by atoms with Gasteiger partial charge in [-0.25, -0.2) is 9.59 Å². The number of alkyl carbamates (subject to hydrolysis) is 1. The Morgan fingerprint density at radius 2 is 1.73 bits per heavy atom. The summed E-state index contributed by atoms with van der Waals surface area (Å²) in [6.07, 6.45) is -1.94. The lowest BCUT2D eigenvalue weighted by molar-refractivity contribution is -0.144. The quantitative estimate of drug-likeness (QED) is 0.563. The van der Waals surface area contributed by atoms with Gasteiger partial charge in [0.2, 0.25) is 4.33 Å². The standard InChI is InChI=1S/C14H25Cl2NO5/c1-8(2)7-9(17-12(20)22-13(3,4)5)10(18)14(15,16)11(19)21-6/h8-10,18H,7H2,1-6H3,(H,17,20)/t9-,10+/m0/s1. The van der Waals surface area contributed by atoms with Crippen molar-refractivity contribution in [2.75, 3.05) is 7.11 Å². The van der Waals surface area contributed by atoms with E-state index in [1.807, 2.05) is 13.8 Å². The smallest absolute Gasteiger partial charge is 0.407 e. The van der Waals surface area contributed by atoms with Crippen LogP contribution >= 0.6 is 23.2 Å². The third-order valence-electron chi connectivity index (χ3n) is 2.64. The largest absolute Gasteiger partial charge is 0.467 e. The van der Waals surface area contributed by atoms with Crippen molar-refractivity contribution in [1.29, 1.82) is 0 Å². The van der Waals surface area contributed by atoms with Crippen LogP contribution in [-0.2, 0) is 14.3 Å². The summed E-state index contributed by atoms with van der Waals surface area (Å²) < 4.78 is 7.41. The van der Waals surface area contributed by atoms with Gasteiger partial charge in [-0.15, -0.1) is 0 Å². The number of carbonyl (C=O) groups is 2. The van der Waals surface area contributed by atoms with Crippen LogP contribution in [0.2, 0.25) is 0 Å². The molecule has 0 aromatic rings. The normalized spacial score (nSPS) is 15.2. The number of aliphatic hydroxyl groups excluding tert-OH is 1. The molecule has 0 aliphatic heterocycles. The van der Waals surface area contributed by atoms with Gasteiger partial charge < -0.3 is 19.9 Å². The van der Waals surface area contributed by atoms with E-state index in [0.29, 0.717) is 6.42 Å². The van der Waals surface area contributed by atoms with E-state index in [9.17, 15) is 14.7 Å². The summed E-state index contributed by atoms with van der Waals surface area (Å²) in [6, 6.07) is -0.871. The minimum absolute atomic E-state index is 0.108. The number of methoxy groups -OCH3 is 1. The molecule has 22 heavy (non-hydrogen) atoms. The Kier molecular flexibility index (Phi) is 7.95. The van der Waals surface area contributed by atoms with Gasteiger partial charge in [0, 0.05) is 0 Å². The van der Waals surface area contributed by atoms with Crippen LogP contribution < -0.4 is 5.32 Å². The molecule has 1 amide bonds. The van der Waals surface area contributed by atoms with E-state index in [2.05, 4.69) is 10.1 Å². The first kappa shape index (κ1) is 21.3. The molecule has 0 aliphatic carbocycles. The van der Waals surface area contributed by atoms with Crippen molar-refractivity contribution in [3.63, 3.8) is 0 Å². The number of esters is 1. The number of aliphatic hydroxyl groups is 1. The number of halogens is 2. The van der Waals surface area contributed by atoms with Crippen molar-refractivity contribution in [2.45, 2.75) is 63.1 Å². The zero-order valence-corrected chi connectivity index (χ0v) is 15.3. The SMILES string of the molecule is COC(=O)C(Cl)(Cl)[C@H](O)[C@H](CC(C)C)NC(=O)OC(C)(C)C. The highest BCUT2D eigenvalue weighted by Gasteiger charge is 2.47. The average molecular weight is 358 g/mol. The van der Waals surface area contributed by atoms with Crippen molar-refractivity contribution in [2.24, 2.45) is 5.92 Å². The Morgan fingerprint density at radius 1 is 1.23 bits per heavy atom. The van der Waals surface area contributed by atoms with E-state index in [0.717, 1.165) is 7.11 Å². The highest BCUT2D eigenvalue weighted by molar-refractivity contribution is 6.58. The second-order valence-corrected chi connectivity index (χ2v) is 7.83. The number of rotatable bonds is 6. The van der Waals surface area contributed by atoms with Crippen LogP contribution in [0.1, 0.15) is 41.0 Å². The van der Waals surface area contributed by atoms with Gasteiger partial charge in [-0.1, -0.05) is 37.0 Å². The predicted molar refractivity (Wildman–Crippen MR) is 85.1 cm³/mol. The average Bonchev–Trinajstić information content (AvgIpc) is 2.32. The molecule has 0 aromatic heterocycles. The first-order valence-corrected chi connectivity index (χ1v) is 7.70. The number of nitrogens with one attached hydrogen (secondary N) is 1. The van der Waals surface area contributed by atoms with Gasteiger partial charge in [0.25, 0.3) is 0 Å². The summed E-state index contributed by atoms with van der Waals surface area (Å²) >= 11 is 11.8. The van der Waals surface area contributed by atoms with Crippen molar-refractivity contribution in [3.8, 4) is 0 Å². The number of hydrogen-bond donors (Lipinski definition) is 2. The molecule has 0 aromatic carbocycles. The molecular weight excluding hydrogens is 333 g/mol. The van der Waals surface area contributed by atoms with E-state index >= 15 is 0 Å². The van der Waals surface area contributed by atoms with Gasteiger partial charge in [-0.2, -0.15) is 0 Å². The monoisotopic (exact) mass is 357 g/mol. The topological polar surface area (TPSA) is 84.9 Å². The van der Waals surface area contributed by atoms with E-state index < -0.39 is 34.1 Å². The molecule has 130 valence electrons. The van der Waals surface area contributed by atoms with Crippen molar-refractivity contribution < 1.29 is 24.2 Å². The van der Waals surface area contributed by atoms with Crippen LogP contribution in [0.3, 0.4) is 0 Å². The number of ether oxygens (including phenoxy) is 2. The molecule has 0 unspecified atom stereocenters. The van der Waals surface area contributed by atoms with Crippen LogP contribution in [-0.4, -0.2) is 46.4 Å². The van der Waals surface area contributed by atoms with E-state index in [4.69, 9.17) is 27.9 Å². The third kappa shape index (κ3) is 7.03. The van der Waals surface area contributed by atoms with Crippen LogP contribution in [0.15, 0.2) is 0 Å². The van der Waals surface area contributed by atoms with Gasteiger partial charge >= 0.3 is 12.1 Å². The van der Waals surface area contributed by atoms with Crippen LogP contribution in [0.25, 0.3) is 0 Å². The summed E-state index contributed by atoms with van der Waals surface area (Å²) in [7, 11) is 1.10. The van der Waals surface area contributed by atoms with Crippen LogP contribution in [0.4, 0.5) is 4.79 Å². The van der Waals surface area contributed by atoms with Crippen molar-refractivity contribution in [3.05, 3.63) is 0 Å². The molecule has 6 nitrogen and oxygen atoms in total. The van der Waals surface area contributed by atoms with Gasteiger partial charge in [-0.3, -0.25) is 0 Å². The summed E-state index contributed by atoms with van der Waals surface area (Å²) in [6.45, 7) is 8.91. The molecule has 2 atom stereocenters. The van der Waals surface area contributed by atoms with Crippen molar-refractivity contribution in [1.82, 2.24) is 5.32 Å². The zero-order chi connectivity index (χ0) is 17.7. The minimum Gasteiger partial charge on any atom is -0.467 e. The highest BCUT2D eigenvalue weighted by Crippen LogP contribution is 2.31. The van der Waals surface area contributed by atoms with E-state index in [1.54, 1.807) is 20.8 Å². The molecule has 0 fully saturated rings. The van der Waals surface area contributed by atoms with Crippen LogP contribution in [0.5, 0.6) is 0 Å². The van der Waals surface area contributed by atoms with Gasteiger partial charge in [0.1, 0.15) is 11.7 Å². The minimum atomic E-state index is -2.19. The fourth-order valence-corrected chi connectivity index (χ4v) is 2.20. The molecule has 0 rings (SSSR count). The first-order chi connectivity index (χ1) is 9.81. The van der Waals surface area contributed by atoms with Gasteiger partial charge in [-0.05, 0) is 33.1 Å². The van der Waals surface area contributed by atoms with Crippen molar-refractivity contribution >= 4 is 35.3 Å². The molecule has 0 bridgehead atoms.